The van der Waals surface area contributed by atoms with Gasteiger partial charge in [-0.1, -0.05) is 45.2 Å². The van der Waals surface area contributed by atoms with Crippen LogP contribution in [0.5, 0.6) is 5.75 Å². The number of benzene rings is 2. The lowest BCUT2D eigenvalue weighted by Gasteiger charge is -2.36. The minimum Gasteiger partial charge on any atom is -0.506 e. The first-order valence-corrected chi connectivity index (χ1v) is 16.7. The van der Waals surface area contributed by atoms with Gasteiger partial charge < -0.3 is 10.4 Å². The summed E-state index contributed by atoms with van der Waals surface area (Å²) in [4.78, 5) is 28.1. The molecule has 236 valence electrons. The molecule has 1 amide bonds. The number of non-ortho nitro benzene ring substituents is 1. The van der Waals surface area contributed by atoms with Gasteiger partial charge in [-0.15, -0.1) is 0 Å². The normalized spacial score (nSPS) is 15.5. The van der Waals surface area contributed by atoms with Gasteiger partial charge in [-0.05, 0) is 80.5 Å². The Balaban J connectivity index is 1.42. The molecule has 10 nitrogen and oxygen atoms in total. The number of hydrogen-bond donors (Lipinski definition) is 2. The van der Waals surface area contributed by atoms with Crippen LogP contribution < -0.4 is 9.62 Å². The number of nitro benzene ring substituents is 1. The number of aryl methyl sites for hydroxylation is 1. The van der Waals surface area contributed by atoms with Crippen molar-refractivity contribution in [2.24, 2.45) is 5.92 Å². The molecule has 44 heavy (non-hydrogen) atoms. The lowest BCUT2D eigenvalue weighted by atomic mass is 9.69. The molecule has 0 bridgehead atoms. The Labute approximate surface area is 259 Å². The van der Waals surface area contributed by atoms with Crippen LogP contribution in [0.1, 0.15) is 77.0 Å². The number of carbonyl (C=O) groups excluding carboxylic acids is 1. The van der Waals surface area contributed by atoms with Crippen molar-refractivity contribution >= 4 is 27.3 Å². The summed E-state index contributed by atoms with van der Waals surface area (Å²) in [5.41, 5.74) is 1.48. The van der Waals surface area contributed by atoms with Crippen LogP contribution in [0.15, 0.2) is 71.8 Å². The van der Waals surface area contributed by atoms with E-state index in [9.17, 15) is 28.4 Å². The third-order valence-corrected chi connectivity index (χ3v) is 10.1. The summed E-state index contributed by atoms with van der Waals surface area (Å²) in [6.45, 7) is 5.80. The molecule has 1 fully saturated rings. The maximum Gasteiger partial charge on any atom is 0.269 e. The standard InChI is InChI=1S/C33H42N4O6S/c1-24(2)23-36(44(42,43)28-15-13-27(14-16-28)37(40)41)29-17-12-26(21-30(29)38)11-10-25(3)35-32(39)22-33(18-6-4-7-19-33)31-9-5-8-20-34-31/h5,8-9,12-17,20-21,24-25,38H,4,6-7,10-11,18-19,22-23H2,1-3H3,(H,35,39)/t25-/m0/s1. The monoisotopic (exact) mass is 622 g/mol. The summed E-state index contributed by atoms with van der Waals surface area (Å²) in [5.74, 6) is -0.235. The van der Waals surface area contributed by atoms with Crippen molar-refractivity contribution in [1.82, 2.24) is 10.3 Å². The van der Waals surface area contributed by atoms with Gasteiger partial charge in [0.15, 0.2) is 0 Å². The Morgan fingerprint density at radius 1 is 1.07 bits per heavy atom. The average molecular weight is 623 g/mol. The van der Waals surface area contributed by atoms with E-state index in [-0.39, 0.29) is 51.8 Å². The molecule has 11 heteroatoms. The highest BCUT2D eigenvalue weighted by Crippen LogP contribution is 2.41. The number of nitrogens with zero attached hydrogens (tertiary/aromatic N) is 3. The number of aromatic nitrogens is 1. The summed E-state index contributed by atoms with van der Waals surface area (Å²) in [6.07, 6.45) is 8.65. The molecule has 2 aromatic carbocycles. The van der Waals surface area contributed by atoms with Crippen LogP contribution >= 0.6 is 0 Å². The molecule has 1 aliphatic rings. The molecule has 1 atom stereocenters. The van der Waals surface area contributed by atoms with Gasteiger partial charge in [0, 0.05) is 48.4 Å². The number of amides is 1. The second kappa shape index (κ2) is 14.2. The number of nitro groups is 1. The third-order valence-electron chi connectivity index (χ3n) is 8.27. The molecule has 0 saturated heterocycles. The van der Waals surface area contributed by atoms with E-state index in [1.54, 1.807) is 24.4 Å². The van der Waals surface area contributed by atoms with Crippen LogP contribution in [-0.4, -0.2) is 41.9 Å². The fourth-order valence-electron chi connectivity index (χ4n) is 5.98. The fraction of sp³-hybridized carbons (Fsp3) is 0.455. The molecular formula is C33H42N4O6S. The quantitative estimate of drug-likeness (QED) is 0.169. The number of phenolic OH excluding ortho intramolecular Hbond substituents is 1. The van der Waals surface area contributed by atoms with Gasteiger partial charge >= 0.3 is 0 Å². The highest BCUT2D eigenvalue weighted by atomic mass is 32.2. The number of sulfonamides is 1. The molecule has 3 aromatic rings. The SMILES string of the molecule is CC(C)CN(c1ccc(CC[C@H](C)NC(=O)CC2(c3ccccn3)CCCCC2)cc1O)S(=O)(=O)c1ccc([N+](=O)[O-])cc1. The Morgan fingerprint density at radius 2 is 1.77 bits per heavy atom. The first-order valence-electron chi connectivity index (χ1n) is 15.2. The number of anilines is 1. The molecule has 4 rings (SSSR count). The van der Waals surface area contributed by atoms with Gasteiger partial charge in [0.05, 0.1) is 15.5 Å². The maximum atomic E-state index is 13.6. The minimum atomic E-state index is -4.10. The predicted octanol–water partition coefficient (Wildman–Crippen LogP) is 6.28. The van der Waals surface area contributed by atoms with Crippen molar-refractivity contribution in [3.63, 3.8) is 0 Å². The van der Waals surface area contributed by atoms with Gasteiger partial charge in [-0.2, -0.15) is 0 Å². The van der Waals surface area contributed by atoms with Crippen LogP contribution in [0.4, 0.5) is 11.4 Å². The Kier molecular flexibility index (Phi) is 10.6. The molecule has 0 unspecified atom stereocenters. The van der Waals surface area contributed by atoms with Crippen LogP contribution in [0.3, 0.4) is 0 Å². The molecule has 0 aliphatic heterocycles. The molecule has 0 radical (unpaired) electrons. The van der Waals surface area contributed by atoms with E-state index in [2.05, 4.69) is 10.3 Å². The zero-order chi connectivity index (χ0) is 31.9. The Hall–Kier alpha value is -3.99. The molecule has 2 N–H and O–H groups in total. The van der Waals surface area contributed by atoms with E-state index >= 15 is 0 Å². The van der Waals surface area contributed by atoms with E-state index in [4.69, 9.17) is 0 Å². The van der Waals surface area contributed by atoms with Gasteiger partial charge in [0.1, 0.15) is 5.75 Å². The number of hydrogen-bond acceptors (Lipinski definition) is 7. The van der Waals surface area contributed by atoms with Crippen molar-refractivity contribution < 1.29 is 23.2 Å². The predicted molar refractivity (Wildman–Crippen MR) is 170 cm³/mol. The lowest BCUT2D eigenvalue weighted by Crippen LogP contribution is -2.40. The highest BCUT2D eigenvalue weighted by Gasteiger charge is 2.37. The molecule has 1 saturated carbocycles. The van der Waals surface area contributed by atoms with Crippen molar-refractivity contribution in [3.8, 4) is 5.75 Å². The summed E-state index contributed by atoms with van der Waals surface area (Å²) in [5, 5.41) is 25.1. The van der Waals surface area contributed by atoms with Crippen molar-refractivity contribution in [3.05, 3.63) is 88.2 Å². The zero-order valence-corrected chi connectivity index (χ0v) is 26.4. The number of rotatable bonds is 13. The number of phenols is 1. The number of pyridine rings is 1. The fourth-order valence-corrected chi connectivity index (χ4v) is 7.62. The molecular weight excluding hydrogens is 580 g/mol. The van der Waals surface area contributed by atoms with E-state index in [1.165, 1.54) is 18.6 Å². The minimum absolute atomic E-state index is 0.00373. The van der Waals surface area contributed by atoms with Gasteiger partial charge in [0.2, 0.25) is 5.91 Å². The van der Waals surface area contributed by atoms with Crippen LogP contribution in [0, 0.1) is 16.0 Å². The molecule has 0 spiro atoms. The van der Waals surface area contributed by atoms with Crippen LogP contribution in [0.2, 0.25) is 0 Å². The Morgan fingerprint density at radius 3 is 2.36 bits per heavy atom. The summed E-state index contributed by atoms with van der Waals surface area (Å²) < 4.78 is 28.3. The van der Waals surface area contributed by atoms with Gasteiger partial charge in [0.25, 0.3) is 15.7 Å². The molecule has 1 heterocycles. The van der Waals surface area contributed by atoms with Crippen LogP contribution in [-0.2, 0) is 26.7 Å². The van der Waals surface area contributed by atoms with Crippen molar-refractivity contribution in [1.29, 1.82) is 0 Å². The second-order valence-corrected chi connectivity index (χ2v) is 14.1. The Bertz CT molecular complexity index is 1540. The number of aromatic hydroxyl groups is 1. The van der Waals surface area contributed by atoms with Crippen LogP contribution in [0.25, 0.3) is 0 Å². The van der Waals surface area contributed by atoms with Gasteiger partial charge in [-0.3, -0.25) is 24.2 Å². The maximum absolute atomic E-state index is 13.6. The smallest absolute Gasteiger partial charge is 0.269 e. The largest absolute Gasteiger partial charge is 0.506 e. The summed E-state index contributed by atoms with van der Waals surface area (Å²) >= 11 is 0. The average Bonchev–Trinajstić information content (AvgIpc) is 3.00. The topological polar surface area (TPSA) is 143 Å². The second-order valence-electron chi connectivity index (χ2n) is 12.2. The molecule has 1 aromatic heterocycles. The summed E-state index contributed by atoms with van der Waals surface area (Å²) in [6, 6.07) is 15.4. The van der Waals surface area contributed by atoms with E-state index in [1.807, 2.05) is 39.0 Å². The zero-order valence-electron chi connectivity index (χ0n) is 25.6. The summed E-state index contributed by atoms with van der Waals surface area (Å²) in [7, 11) is -4.10. The van der Waals surface area contributed by atoms with E-state index < -0.39 is 14.9 Å². The van der Waals surface area contributed by atoms with Crippen molar-refractivity contribution in [2.45, 2.75) is 88.5 Å². The third kappa shape index (κ3) is 7.93. The first-order chi connectivity index (χ1) is 20.9. The van der Waals surface area contributed by atoms with E-state index in [0.29, 0.717) is 19.3 Å². The van der Waals surface area contributed by atoms with Crippen molar-refractivity contribution in [2.75, 3.05) is 10.8 Å². The highest BCUT2D eigenvalue weighted by molar-refractivity contribution is 7.92. The number of nitrogens with one attached hydrogen (secondary N) is 1. The van der Waals surface area contributed by atoms with Gasteiger partial charge in [-0.25, -0.2) is 8.42 Å². The molecule has 1 aliphatic carbocycles. The van der Waals surface area contributed by atoms with E-state index in [0.717, 1.165) is 53.4 Å². The first kappa shape index (κ1) is 32.9. The number of carbonyl (C=O) groups is 1. The lowest BCUT2D eigenvalue weighted by molar-refractivity contribution is -0.384.